The van der Waals surface area contributed by atoms with Crippen LogP contribution >= 0.6 is 11.6 Å². The van der Waals surface area contributed by atoms with Crippen LogP contribution in [0.25, 0.3) is 0 Å². The number of hydrogen-bond acceptors (Lipinski definition) is 3. The molecule has 2 unspecified atom stereocenters. The van der Waals surface area contributed by atoms with Crippen LogP contribution in [-0.4, -0.2) is 28.9 Å². The Kier molecular flexibility index (Phi) is 4.44. The van der Waals surface area contributed by atoms with Crippen LogP contribution in [0.1, 0.15) is 18.0 Å². The van der Waals surface area contributed by atoms with Crippen molar-refractivity contribution in [3.05, 3.63) is 59.1 Å². The number of amides is 2. The second-order valence-corrected chi connectivity index (χ2v) is 6.26. The van der Waals surface area contributed by atoms with E-state index in [2.05, 4.69) is 5.32 Å². The lowest BCUT2D eigenvalue weighted by atomic mass is 9.93. The fraction of sp³-hybridized carbons (Fsp3) is 0.222. The number of benzene rings is 2. The summed E-state index contributed by atoms with van der Waals surface area (Å²) in [5.41, 5.74) is 1.14. The molecule has 2 aromatic carbocycles. The average molecular weight is 345 g/mol. The minimum atomic E-state index is -0.539. The van der Waals surface area contributed by atoms with Crippen molar-refractivity contribution in [1.82, 2.24) is 4.90 Å². The number of anilines is 1. The van der Waals surface area contributed by atoms with Crippen molar-refractivity contribution in [2.24, 2.45) is 5.92 Å². The molecule has 24 heavy (non-hydrogen) atoms. The lowest BCUT2D eigenvalue weighted by Gasteiger charge is -2.25. The third kappa shape index (κ3) is 3.08. The summed E-state index contributed by atoms with van der Waals surface area (Å²) < 4.78 is 0. The normalized spacial score (nSPS) is 20.2. The lowest BCUT2D eigenvalue weighted by molar-refractivity contribution is -0.127. The van der Waals surface area contributed by atoms with Crippen molar-refractivity contribution in [3.8, 4) is 5.75 Å². The summed E-state index contributed by atoms with van der Waals surface area (Å²) in [6.07, 6.45) is 0.128. The standard InChI is InChI=1S/C18H17ClN2O3/c1-21-16(23)10-13(17(21)11-5-3-2-4-6-11)18(24)20-14-9-12(19)7-8-15(14)22/h2-9,13,17,22H,10H2,1H3,(H,20,24). The van der Waals surface area contributed by atoms with Gasteiger partial charge in [0.1, 0.15) is 5.75 Å². The molecule has 2 atom stereocenters. The Morgan fingerprint density at radius 1 is 1.25 bits per heavy atom. The molecule has 0 bridgehead atoms. The van der Waals surface area contributed by atoms with E-state index in [0.717, 1.165) is 5.56 Å². The smallest absolute Gasteiger partial charge is 0.230 e. The fourth-order valence-corrected chi connectivity index (χ4v) is 3.22. The van der Waals surface area contributed by atoms with Crippen molar-refractivity contribution in [3.63, 3.8) is 0 Å². The molecular formula is C18H17ClN2O3. The largest absolute Gasteiger partial charge is 0.506 e. The summed E-state index contributed by atoms with van der Waals surface area (Å²) in [6.45, 7) is 0. The van der Waals surface area contributed by atoms with E-state index in [1.807, 2.05) is 30.3 Å². The molecule has 2 N–H and O–H groups in total. The van der Waals surface area contributed by atoms with Gasteiger partial charge in [-0.3, -0.25) is 9.59 Å². The zero-order valence-electron chi connectivity index (χ0n) is 13.1. The number of nitrogens with zero attached hydrogens (tertiary/aromatic N) is 1. The van der Waals surface area contributed by atoms with Gasteiger partial charge in [-0.05, 0) is 23.8 Å². The summed E-state index contributed by atoms with van der Waals surface area (Å²) in [6, 6.07) is 13.5. The predicted octanol–water partition coefficient (Wildman–Crippen LogP) is 3.20. The molecular weight excluding hydrogens is 328 g/mol. The van der Waals surface area contributed by atoms with Crippen LogP contribution in [0.5, 0.6) is 5.75 Å². The third-order valence-corrected chi connectivity index (χ3v) is 4.52. The van der Waals surface area contributed by atoms with E-state index >= 15 is 0 Å². The Morgan fingerprint density at radius 2 is 1.96 bits per heavy atom. The minimum absolute atomic E-state index is 0.0679. The summed E-state index contributed by atoms with van der Waals surface area (Å²) >= 11 is 5.91. The van der Waals surface area contributed by atoms with E-state index in [1.165, 1.54) is 18.2 Å². The highest BCUT2D eigenvalue weighted by Gasteiger charge is 2.42. The number of aromatic hydroxyl groups is 1. The van der Waals surface area contributed by atoms with Gasteiger partial charge in [0.25, 0.3) is 0 Å². The Balaban J connectivity index is 1.87. The first kappa shape index (κ1) is 16.3. The first-order valence-electron chi connectivity index (χ1n) is 7.57. The molecule has 124 valence electrons. The second-order valence-electron chi connectivity index (χ2n) is 5.82. The maximum absolute atomic E-state index is 12.7. The van der Waals surface area contributed by atoms with Crippen LogP contribution < -0.4 is 5.32 Å². The molecule has 5 nitrogen and oxygen atoms in total. The number of nitrogens with one attached hydrogen (secondary N) is 1. The van der Waals surface area contributed by atoms with Crippen molar-refractivity contribution >= 4 is 29.1 Å². The van der Waals surface area contributed by atoms with Crippen LogP contribution in [0.4, 0.5) is 5.69 Å². The maximum atomic E-state index is 12.7. The van der Waals surface area contributed by atoms with Gasteiger partial charge >= 0.3 is 0 Å². The van der Waals surface area contributed by atoms with Gasteiger partial charge in [0, 0.05) is 18.5 Å². The fourth-order valence-electron chi connectivity index (χ4n) is 3.04. The molecule has 0 aliphatic carbocycles. The van der Waals surface area contributed by atoms with E-state index in [1.54, 1.807) is 11.9 Å². The van der Waals surface area contributed by atoms with E-state index in [-0.39, 0.29) is 35.7 Å². The Bertz CT molecular complexity index is 779. The first-order valence-corrected chi connectivity index (χ1v) is 7.95. The topological polar surface area (TPSA) is 69.6 Å². The Hall–Kier alpha value is -2.53. The first-order chi connectivity index (χ1) is 11.5. The van der Waals surface area contributed by atoms with E-state index < -0.39 is 5.92 Å². The molecule has 1 aliphatic rings. The van der Waals surface area contributed by atoms with E-state index in [4.69, 9.17) is 11.6 Å². The Labute approximate surface area is 144 Å². The summed E-state index contributed by atoms with van der Waals surface area (Å²) in [5.74, 6) is -1.01. The van der Waals surface area contributed by atoms with Gasteiger partial charge in [0.2, 0.25) is 11.8 Å². The molecule has 1 fully saturated rings. The Morgan fingerprint density at radius 3 is 2.67 bits per heavy atom. The third-order valence-electron chi connectivity index (χ3n) is 4.28. The molecule has 0 spiro atoms. The molecule has 0 aromatic heterocycles. The highest BCUT2D eigenvalue weighted by molar-refractivity contribution is 6.31. The van der Waals surface area contributed by atoms with Crippen LogP contribution in [0, 0.1) is 5.92 Å². The number of carbonyl (C=O) groups is 2. The molecule has 3 rings (SSSR count). The number of phenols is 1. The lowest BCUT2D eigenvalue weighted by Crippen LogP contribution is -2.30. The molecule has 2 amide bonds. The SMILES string of the molecule is CN1C(=O)CC(C(=O)Nc2cc(Cl)ccc2O)C1c1ccccc1. The summed E-state index contributed by atoms with van der Waals surface area (Å²) in [5, 5.41) is 12.9. The zero-order valence-corrected chi connectivity index (χ0v) is 13.8. The molecule has 0 radical (unpaired) electrons. The monoisotopic (exact) mass is 344 g/mol. The molecule has 6 heteroatoms. The van der Waals surface area contributed by atoms with Gasteiger partial charge in [-0.1, -0.05) is 41.9 Å². The highest BCUT2D eigenvalue weighted by atomic mass is 35.5. The minimum Gasteiger partial charge on any atom is -0.506 e. The van der Waals surface area contributed by atoms with Gasteiger partial charge in [-0.25, -0.2) is 0 Å². The van der Waals surface area contributed by atoms with E-state index in [0.29, 0.717) is 5.02 Å². The molecule has 0 saturated carbocycles. The molecule has 1 saturated heterocycles. The van der Waals surface area contributed by atoms with E-state index in [9.17, 15) is 14.7 Å². The number of hydrogen-bond donors (Lipinski definition) is 2. The van der Waals surface area contributed by atoms with Gasteiger partial charge in [0.05, 0.1) is 17.6 Å². The molecule has 1 aliphatic heterocycles. The van der Waals surface area contributed by atoms with Crippen LogP contribution in [-0.2, 0) is 9.59 Å². The van der Waals surface area contributed by atoms with Crippen molar-refractivity contribution in [1.29, 1.82) is 0 Å². The van der Waals surface area contributed by atoms with Crippen molar-refractivity contribution in [2.75, 3.05) is 12.4 Å². The van der Waals surface area contributed by atoms with Gasteiger partial charge < -0.3 is 15.3 Å². The summed E-state index contributed by atoms with van der Waals surface area (Å²) in [7, 11) is 1.70. The molecule has 2 aromatic rings. The van der Waals surface area contributed by atoms with Gasteiger partial charge in [-0.15, -0.1) is 0 Å². The second kappa shape index (κ2) is 6.53. The van der Waals surface area contributed by atoms with Crippen LogP contribution in [0.3, 0.4) is 0 Å². The highest BCUT2D eigenvalue weighted by Crippen LogP contribution is 2.38. The van der Waals surface area contributed by atoms with Crippen LogP contribution in [0.2, 0.25) is 5.02 Å². The van der Waals surface area contributed by atoms with Gasteiger partial charge in [-0.2, -0.15) is 0 Å². The zero-order chi connectivity index (χ0) is 17.3. The van der Waals surface area contributed by atoms with Gasteiger partial charge in [0.15, 0.2) is 0 Å². The number of carbonyl (C=O) groups excluding carboxylic acids is 2. The maximum Gasteiger partial charge on any atom is 0.230 e. The van der Waals surface area contributed by atoms with Crippen LogP contribution in [0.15, 0.2) is 48.5 Å². The average Bonchev–Trinajstić information content (AvgIpc) is 2.87. The van der Waals surface area contributed by atoms with Crippen molar-refractivity contribution in [2.45, 2.75) is 12.5 Å². The summed E-state index contributed by atoms with van der Waals surface area (Å²) in [4.78, 5) is 26.4. The quantitative estimate of drug-likeness (QED) is 0.840. The number of phenolic OH excluding ortho intramolecular Hbond substituents is 1. The molecule has 1 heterocycles. The number of halogens is 1. The number of likely N-dealkylation sites (tertiary alicyclic amines) is 1. The van der Waals surface area contributed by atoms with Crippen molar-refractivity contribution < 1.29 is 14.7 Å². The predicted molar refractivity (Wildman–Crippen MR) is 91.8 cm³/mol. The number of rotatable bonds is 3.